The minimum Gasteiger partial charge on any atom is -0.489 e. The number of aromatic nitrogens is 1. The number of nitriles is 1. The summed E-state index contributed by atoms with van der Waals surface area (Å²) in [7, 11) is 3.50. The first-order valence-electron chi connectivity index (χ1n) is 11.7. The number of nitrogens with zero attached hydrogens (tertiary/aromatic N) is 3. The summed E-state index contributed by atoms with van der Waals surface area (Å²) in [5.74, 6) is 0.643. The van der Waals surface area contributed by atoms with E-state index in [9.17, 15) is 10.1 Å². The molecule has 0 aliphatic carbocycles. The van der Waals surface area contributed by atoms with Crippen LogP contribution in [0.3, 0.4) is 0 Å². The first-order chi connectivity index (χ1) is 17.1. The van der Waals surface area contributed by atoms with Gasteiger partial charge in [0.05, 0.1) is 24.7 Å². The van der Waals surface area contributed by atoms with Crippen molar-refractivity contribution in [2.45, 2.75) is 13.2 Å². The van der Waals surface area contributed by atoms with Crippen LogP contribution in [0.4, 0.5) is 0 Å². The lowest BCUT2D eigenvalue weighted by molar-refractivity contribution is -0.151. The average Bonchev–Trinajstić information content (AvgIpc) is 3.18. The molecule has 4 aromatic rings. The third kappa shape index (κ3) is 4.64. The van der Waals surface area contributed by atoms with E-state index in [2.05, 4.69) is 40.8 Å². The molecule has 0 radical (unpaired) electrons. The van der Waals surface area contributed by atoms with Crippen molar-refractivity contribution in [3.8, 4) is 22.9 Å². The van der Waals surface area contributed by atoms with Gasteiger partial charge in [-0.1, -0.05) is 42.5 Å². The fourth-order valence-electron chi connectivity index (χ4n) is 4.68. The van der Waals surface area contributed by atoms with E-state index in [0.717, 1.165) is 53.0 Å². The summed E-state index contributed by atoms with van der Waals surface area (Å²) in [6.45, 7) is 2.64. The number of aryl methyl sites for hydroxylation is 1. The number of rotatable bonds is 7. The molecular weight excluding hydrogens is 438 g/mol. The van der Waals surface area contributed by atoms with E-state index in [1.165, 1.54) is 12.8 Å². The number of benzene rings is 3. The Kier molecular flexibility index (Phi) is 6.26. The lowest BCUT2D eigenvalue weighted by Gasteiger charge is -2.37. The van der Waals surface area contributed by atoms with Crippen LogP contribution in [-0.2, 0) is 29.7 Å². The number of fused-ring (bicyclic) bond motifs is 1. The van der Waals surface area contributed by atoms with E-state index < -0.39 is 0 Å². The zero-order valence-electron chi connectivity index (χ0n) is 19.9. The maximum absolute atomic E-state index is 11.6. The number of esters is 1. The van der Waals surface area contributed by atoms with Gasteiger partial charge < -0.3 is 14.0 Å². The summed E-state index contributed by atoms with van der Waals surface area (Å²) in [5.41, 5.74) is 5.87. The first kappa shape index (κ1) is 22.7. The van der Waals surface area contributed by atoms with Crippen LogP contribution in [-0.4, -0.2) is 35.6 Å². The van der Waals surface area contributed by atoms with Gasteiger partial charge in [0.1, 0.15) is 12.4 Å². The van der Waals surface area contributed by atoms with E-state index in [1.807, 2.05) is 54.6 Å². The minimum atomic E-state index is -0.128. The van der Waals surface area contributed by atoms with E-state index >= 15 is 0 Å². The van der Waals surface area contributed by atoms with Gasteiger partial charge in [-0.15, -0.1) is 0 Å². The minimum absolute atomic E-state index is 0.0157. The second kappa shape index (κ2) is 9.65. The van der Waals surface area contributed by atoms with E-state index in [4.69, 9.17) is 9.47 Å². The van der Waals surface area contributed by atoms with Crippen LogP contribution < -0.4 is 4.74 Å². The summed E-state index contributed by atoms with van der Waals surface area (Å²) < 4.78 is 13.1. The molecule has 2 heterocycles. The Morgan fingerprint density at radius 3 is 2.60 bits per heavy atom. The molecule has 6 nitrogen and oxygen atoms in total. The van der Waals surface area contributed by atoms with Crippen molar-refractivity contribution in [2.24, 2.45) is 13.0 Å². The fourth-order valence-corrected chi connectivity index (χ4v) is 4.68. The summed E-state index contributed by atoms with van der Waals surface area (Å²) in [6, 6.07) is 26.4. The number of ether oxygens (including phenoxy) is 2. The monoisotopic (exact) mass is 465 g/mol. The second-order valence-electron chi connectivity index (χ2n) is 8.98. The van der Waals surface area contributed by atoms with Gasteiger partial charge in [-0.05, 0) is 47.0 Å². The van der Waals surface area contributed by atoms with Crippen LogP contribution in [0, 0.1) is 17.2 Å². The molecule has 0 atom stereocenters. The molecule has 0 N–H and O–H groups in total. The summed E-state index contributed by atoms with van der Waals surface area (Å²) in [6.07, 6.45) is 0. The molecule has 6 heteroatoms. The molecule has 1 aromatic heterocycles. The molecule has 3 aromatic carbocycles. The number of hydrogen-bond donors (Lipinski definition) is 0. The number of likely N-dealkylation sites (tertiary alicyclic amines) is 1. The molecule has 0 saturated carbocycles. The smallest absolute Gasteiger partial charge is 0.311 e. The van der Waals surface area contributed by atoms with Crippen molar-refractivity contribution >= 4 is 16.9 Å². The van der Waals surface area contributed by atoms with Crippen LogP contribution in [0.1, 0.15) is 16.8 Å². The van der Waals surface area contributed by atoms with Gasteiger partial charge in [0, 0.05) is 43.3 Å². The van der Waals surface area contributed by atoms with Gasteiger partial charge >= 0.3 is 5.97 Å². The molecule has 1 fully saturated rings. The maximum atomic E-state index is 11.6. The summed E-state index contributed by atoms with van der Waals surface area (Å²) in [4.78, 5) is 13.9. The normalized spacial score (nSPS) is 13.9. The highest BCUT2D eigenvalue weighted by molar-refractivity contribution is 5.83. The van der Waals surface area contributed by atoms with Crippen molar-refractivity contribution in [1.82, 2.24) is 9.47 Å². The molecule has 1 aliphatic heterocycles. The third-order valence-electron chi connectivity index (χ3n) is 6.69. The van der Waals surface area contributed by atoms with Crippen LogP contribution in [0.25, 0.3) is 22.0 Å². The molecule has 176 valence electrons. The maximum Gasteiger partial charge on any atom is 0.311 e. The predicted molar refractivity (Wildman–Crippen MR) is 135 cm³/mol. The zero-order chi connectivity index (χ0) is 24.4. The lowest BCUT2D eigenvalue weighted by atomic mass is 9.98. The highest BCUT2D eigenvalue weighted by atomic mass is 16.5. The Balaban J connectivity index is 1.26. The van der Waals surface area contributed by atoms with Crippen molar-refractivity contribution < 1.29 is 14.3 Å². The van der Waals surface area contributed by atoms with Crippen molar-refractivity contribution in [3.63, 3.8) is 0 Å². The Hall–Kier alpha value is -4.08. The zero-order valence-corrected chi connectivity index (χ0v) is 19.9. The lowest BCUT2D eigenvalue weighted by Crippen LogP contribution is -2.50. The van der Waals surface area contributed by atoms with Crippen molar-refractivity contribution in [1.29, 1.82) is 5.26 Å². The van der Waals surface area contributed by atoms with Crippen LogP contribution in [0.2, 0.25) is 0 Å². The summed E-state index contributed by atoms with van der Waals surface area (Å²) in [5, 5.41) is 10.8. The standard InChI is InChI=1S/C29H27N3O3/c1-31-25(18-32-16-24(17-32)29(33)34-2)13-22-14-26(9-11-28(22)31)35-19-20-8-10-27(23(12-20)15-30)21-6-4-3-5-7-21/h3-14,24H,16-19H2,1-2H3. The molecule has 35 heavy (non-hydrogen) atoms. The molecule has 1 aliphatic rings. The highest BCUT2D eigenvalue weighted by Crippen LogP contribution is 2.28. The largest absolute Gasteiger partial charge is 0.489 e. The molecule has 1 saturated heterocycles. The van der Waals surface area contributed by atoms with Gasteiger partial charge in [0.15, 0.2) is 0 Å². The topological polar surface area (TPSA) is 67.5 Å². The molecule has 0 unspecified atom stereocenters. The van der Waals surface area contributed by atoms with Gasteiger partial charge in [-0.2, -0.15) is 5.26 Å². The van der Waals surface area contributed by atoms with Gasteiger partial charge in [0.25, 0.3) is 0 Å². The molecule has 0 bridgehead atoms. The van der Waals surface area contributed by atoms with Crippen LogP contribution in [0.15, 0.2) is 72.8 Å². The fraction of sp³-hybridized carbons (Fsp3) is 0.241. The quantitative estimate of drug-likeness (QED) is 0.363. The van der Waals surface area contributed by atoms with Crippen molar-refractivity contribution in [2.75, 3.05) is 20.2 Å². The number of hydrogen-bond acceptors (Lipinski definition) is 5. The number of carbonyl (C=O) groups is 1. The van der Waals surface area contributed by atoms with E-state index in [-0.39, 0.29) is 11.9 Å². The number of methoxy groups -OCH3 is 1. The number of carbonyl (C=O) groups excluding carboxylic acids is 1. The Bertz CT molecular complexity index is 1410. The van der Waals surface area contributed by atoms with Gasteiger partial charge in [0.2, 0.25) is 0 Å². The van der Waals surface area contributed by atoms with Crippen molar-refractivity contribution in [3.05, 3.63) is 89.6 Å². The second-order valence-corrected chi connectivity index (χ2v) is 8.98. The predicted octanol–water partition coefficient (Wildman–Crippen LogP) is 4.90. The average molecular weight is 466 g/mol. The van der Waals surface area contributed by atoms with Crippen LogP contribution in [0.5, 0.6) is 5.75 Å². The molecular formula is C29H27N3O3. The molecule has 5 rings (SSSR count). The Morgan fingerprint density at radius 1 is 1.06 bits per heavy atom. The molecule has 0 spiro atoms. The summed E-state index contributed by atoms with van der Waals surface area (Å²) >= 11 is 0. The van der Waals surface area contributed by atoms with E-state index in [0.29, 0.717) is 12.2 Å². The third-order valence-corrected chi connectivity index (χ3v) is 6.69. The SMILES string of the molecule is COC(=O)C1CN(Cc2cc3cc(OCc4ccc(-c5ccccc5)c(C#N)c4)ccc3n2C)C1. The van der Waals surface area contributed by atoms with Gasteiger partial charge in [-0.25, -0.2) is 0 Å². The van der Waals surface area contributed by atoms with Gasteiger partial charge in [-0.3, -0.25) is 9.69 Å². The first-order valence-corrected chi connectivity index (χ1v) is 11.7. The Labute approximate surface area is 204 Å². The Morgan fingerprint density at radius 2 is 1.86 bits per heavy atom. The highest BCUT2D eigenvalue weighted by Gasteiger charge is 2.33. The van der Waals surface area contributed by atoms with E-state index in [1.54, 1.807) is 0 Å². The van der Waals surface area contributed by atoms with Crippen LogP contribution >= 0.6 is 0 Å². The molecule has 0 amide bonds.